The summed E-state index contributed by atoms with van der Waals surface area (Å²) in [6.45, 7) is 2.00. The average Bonchev–Trinajstić information content (AvgIpc) is 2.91. The van der Waals surface area contributed by atoms with Crippen molar-refractivity contribution in [3.63, 3.8) is 0 Å². The molecule has 2 aromatic rings. The highest BCUT2D eigenvalue weighted by atomic mass is 32.1. The van der Waals surface area contributed by atoms with Crippen LogP contribution in [0.1, 0.15) is 9.75 Å². The zero-order chi connectivity index (χ0) is 15.9. The van der Waals surface area contributed by atoms with Gasteiger partial charge < -0.3 is 5.32 Å². The van der Waals surface area contributed by atoms with Gasteiger partial charge in [0.2, 0.25) is 0 Å². The number of halogens is 1. The van der Waals surface area contributed by atoms with Crippen molar-refractivity contribution in [1.82, 2.24) is 10.9 Å². The zero-order valence-electron chi connectivity index (χ0n) is 11.7. The quantitative estimate of drug-likeness (QED) is 0.458. The summed E-state index contributed by atoms with van der Waals surface area (Å²) in [6, 6.07) is 9.65. The lowest BCUT2D eigenvalue weighted by Gasteiger charge is -2.10. The van der Waals surface area contributed by atoms with E-state index in [1.165, 1.54) is 23.1 Å². The van der Waals surface area contributed by atoms with Crippen molar-refractivity contribution in [2.24, 2.45) is 0 Å². The zero-order valence-corrected chi connectivity index (χ0v) is 13.4. The number of nitrogens with one attached hydrogen (secondary N) is 3. The average molecular weight is 335 g/mol. The van der Waals surface area contributed by atoms with Gasteiger partial charge in [-0.05, 0) is 61.6 Å². The van der Waals surface area contributed by atoms with E-state index < -0.39 is 0 Å². The Morgan fingerprint density at radius 3 is 2.55 bits per heavy atom. The molecule has 2 rings (SSSR count). The molecular formula is C15H14FN3OS2. The van der Waals surface area contributed by atoms with Crippen molar-refractivity contribution in [3.8, 4) is 0 Å². The van der Waals surface area contributed by atoms with Crippen molar-refractivity contribution in [1.29, 1.82) is 0 Å². The fourth-order valence-corrected chi connectivity index (χ4v) is 2.51. The van der Waals surface area contributed by atoms with Crippen LogP contribution < -0.4 is 16.2 Å². The molecule has 3 N–H and O–H groups in total. The van der Waals surface area contributed by atoms with Gasteiger partial charge in [0, 0.05) is 21.5 Å². The van der Waals surface area contributed by atoms with Crippen LogP contribution in [0.4, 0.5) is 10.1 Å². The fraction of sp³-hybridized carbons (Fsp3) is 0.0667. The van der Waals surface area contributed by atoms with Crippen molar-refractivity contribution in [2.45, 2.75) is 6.92 Å². The first-order valence-corrected chi connectivity index (χ1v) is 7.62. The number of hydrogen-bond acceptors (Lipinski definition) is 3. The summed E-state index contributed by atoms with van der Waals surface area (Å²) in [5, 5.41) is 3.03. The first-order valence-electron chi connectivity index (χ1n) is 6.40. The van der Waals surface area contributed by atoms with Crippen molar-refractivity contribution >= 4 is 46.3 Å². The van der Waals surface area contributed by atoms with Crippen LogP contribution >= 0.6 is 23.6 Å². The molecule has 7 heteroatoms. The molecule has 1 aromatic heterocycles. The van der Waals surface area contributed by atoms with Gasteiger partial charge in [-0.3, -0.25) is 15.6 Å². The first-order chi connectivity index (χ1) is 10.5. The number of thiophene rings is 1. The Labute approximate surface area is 137 Å². The predicted molar refractivity (Wildman–Crippen MR) is 92.0 cm³/mol. The van der Waals surface area contributed by atoms with Gasteiger partial charge in [0.05, 0.1) is 0 Å². The topological polar surface area (TPSA) is 53.2 Å². The van der Waals surface area contributed by atoms with E-state index in [1.807, 2.05) is 19.1 Å². The van der Waals surface area contributed by atoms with E-state index in [1.54, 1.807) is 29.5 Å². The van der Waals surface area contributed by atoms with Crippen molar-refractivity contribution in [2.75, 3.05) is 5.32 Å². The molecule has 0 aliphatic rings. The number of amides is 1. The second-order valence-electron chi connectivity index (χ2n) is 4.36. The number of carbonyl (C=O) groups is 1. The van der Waals surface area contributed by atoms with Gasteiger partial charge in [-0.1, -0.05) is 0 Å². The summed E-state index contributed by atoms with van der Waals surface area (Å²) in [6.07, 6.45) is 3.14. The molecule has 0 saturated carbocycles. The molecule has 0 saturated heterocycles. The summed E-state index contributed by atoms with van der Waals surface area (Å²) in [7, 11) is 0. The van der Waals surface area contributed by atoms with Crippen LogP contribution in [-0.4, -0.2) is 11.0 Å². The highest BCUT2D eigenvalue weighted by Gasteiger charge is 2.00. The molecule has 0 fully saturated rings. The van der Waals surface area contributed by atoms with E-state index in [9.17, 15) is 9.18 Å². The number of rotatable bonds is 3. The van der Waals surface area contributed by atoms with Gasteiger partial charge in [-0.25, -0.2) is 4.39 Å². The standard InChI is InChI=1S/C15H14FN3OS2/c1-10-2-7-13(22-10)8-9-14(20)18-19-15(21)17-12-5-3-11(16)4-6-12/h2-9H,1H3,(H,18,20)(H2,17,19,21)/b9-8+. The lowest BCUT2D eigenvalue weighted by atomic mass is 10.3. The summed E-state index contributed by atoms with van der Waals surface area (Å²) in [5.74, 6) is -0.652. The Balaban J connectivity index is 1.77. The predicted octanol–water partition coefficient (Wildman–Crippen LogP) is 3.23. The minimum absolute atomic E-state index is 0.209. The molecular weight excluding hydrogens is 321 g/mol. The summed E-state index contributed by atoms with van der Waals surface area (Å²) in [5.41, 5.74) is 5.63. The third-order valence-corrected chi connectivity index (χ3v) is 3.73. The second kappa shape index (κ2) is 7.67. The Morgan fingerprint density at radius 2 is 1.91 bits per heavy atom. The maximum absolute atomic E-state index is 12.8. The lowest BCUT2D eigenvalue weighted by Crippen LogP contribution is -2.43. The van der Waals surface area contributed by atoms with Gasteiger partial charge in [-0.15, -0.1) is 11.3 Å². The highest BCUT2D eigenvalue weighted by Crippen LogP contribution is 2.16. The molecule has 1 aromatic carbocycles. The smallest absolute Gasteiger partial charge is 0.262 e. The minimum atomic E-state index is -0.327. The lowest BCUT2D eigenvalue weighted by molar-refractivity contribution is -0.116. The van der Waals surface area contributed by atoms with Crippen molar-refractivity contribution < 1.29 is 9.18 Å². The number of benzene rings is 1. The maximum Gasteiger partial charge on any atom is 0.262 e. The van der Waals surface area contributed by atoms with E-state index in [-0.39, 0.29) is 16.8 Å². The van der Waals surface area contributed by atoms with Gasteiger partial charge >= 0.3 is 0 Å². The Morgan fingerprint density at radius 1 is 1.18 bits per heavy atom. The molecule has 114 valence electrons. The number of aryl methyl sites for hydroxylation is 1. The number of carbonyl (C=O) groups excluding carboxylic acids is 1. The van der Waals surface area contributed by atoms with E-state index in [0.29, 0.717) is 5.69 Å². The van der Waals surface area contributed by atoms with Crippen LogP contribution in [0.2, 0.25) is 0 Å². The van der Waals surface area contributed by atoms with Crippen LogP contribution in [0, 0.1) is 12.7 Å². The first kappa shape index (κ1) is 16.1. The maximum atomic E-state index is 12.8. The third-order valence-electron chi connectivity index (χ3n) is 2.56. The van der Waals surface area contributed by atoms with Crippen LogP contribution in [0.5, 0.6) is 0 Å². The van der Waals surface area contributed by atoms with Gasteiger partial charge in [0.1, 0.15) is 5.82 Å². The molecule has 0 radical (unpaired) electrons. The second-order valence-corrected chi connectivity index (χ2v) is 6.08. The molecule has 22 heavy (non-hydrogen) atoms. The summed E-state index contributed by atoms with van der Waals surface area (Å²) >= 11 is 6.62. The largest absolute Gasteiger partial charge is 0.331 e. The Hall–Kier alpha value is -2.25. The minimum Gasteiger partial charge on any atom is -0.331 e. The fourth-order valence-electron chi connectivity index (χ4n) is 1.56. The number of thiocarbonyl (C=S) groups is 1. The Bertz CT molecular complexity index is 695. The summed E-state index contributed by atoms with van der Waals surface area (Å²) < 4.78 is 12.8. The van der Waals surface area contributed by atoms with E-state index in [0.717, 1.165) is 4.88 Å². The van der Waals surface area contributed by atoms with E-state index in [4.69, 9.17) is 12.2 Å². The third kappa shape index (κ3) is 5.27. The normalized spacial score (nSPS) is 10.5. The molecule has 0 spiro atoms. The number of hydrogen-bond donors (Lipinski definition) is 3. The molecule has 1 heterocycles. The van der Waals surface area contributed by atoms with Crippen LogP contribution in [-0.2, 0) is 4.79 Å². The Kier molecular flexibility index (Phi) is 5.62. The molecule has 0 atom stereocenters. The molecule has 1 amide bonds. The molecule has 4 nitrogen and oxygen atoms in total. The van der Waals surface area contributed by atoms with Crippen LogP contribution in [0.15, 0.2) is 42.5 Å². The van der Waals surface area contributed by atoms with Crippen molar-refractivity contribution in [3.05, 3.63) is 58.0 Å². The molecule has 0 unspecified atom stereocenters. The van der Waals surface area contributed by atoms with E-state index >= 15 is 0 Å². The van der Waals surface area contributed by atoms with Crippen LogP contribution in [0.3, 0.4) is 0 Å². The monoisotopic (exact) mass is 335 g/mol. The van der Waals surface area contributed by atoms with Crippen LogP contribution in [0.25, 0.3) is 6.08 Å². The van der Waals surface area contributed by atoms with E-state index in [2.05, 4.69) is 16.2 Å². The molecule has 0 bridgehead atoms. The summed E-state index contributed by atoms with van der Waals surface area (Å²) in [4.78, 5) is 13.8. The van der Waals surface area contributed by atoms with Gasteiger partial charge in [-0.2, -0.15) is 0 Å². The SMILES string of the molecule is Cc1ccc(/C=C/C(=O)NNC(=S)Nc2ccc(F)cc2)s1. The van der Waals surface area contributed by atoms with Gasteiger partial charge in [0.25, 0.3) is 5.91 Å². The van der Waals surface area contributed by atoms with Gasteiger partial charge in [0.15, 0.2) is 5.11 Å². The highest BCUT2D eigenvalue weighted by molar-refractivity contribution is 7.80. The number of hydrazine groups is 1. The molecule has 0 aliphatic heterocycles. The molecule has 0 aliphatic carbocycles. The number of anilines is 1.